The van der Waals surface area contributed by atoms with Crippen molar-refractivity contribution in [1.29, 1.82) is 0 Å². The highest BCUT2D eigenvalue weighted by Gasteiger charge is 2.20. The number of anilines is 1. The molecular weight excluding hydrogens is 328 g/mol. The van der Waals surface area contributed by atoms with Gasteiger partial charge in [-0.05, 0) is 52.9 Å². The van der Waals surface area contributed by atoms with E-state index in [1.807, 2.05) is 30.3 Å². The fourth-order valence-corrected chi connectivity index (χ4v) is 3.30. The third-order valence-electron chi connectivity index (χ3n) is 4.54. The monoisotopic (exact) mass is 346 g/mol. The third kappa shape index (κ3) is 2.99. The lowest BCUT2D eigenvalue weighted by Crippen LogP contribution is -2.34. The number of hydrogen-bond donors (Lipinski definition) is 1. The Bertz CT molecular complexity index is 977. The molecule has 1 aliphatic carbocycles. The Hall–Kier alpha value is -3.34. The minimum absolute atomic E-state index is 0.0448. The molecule has 2 aromatic carbocycles. The van der Waals surface area contributed by atoms with Crippen LogP contribution in [0.25, 0.3) is 11.1 Å². The summed E-state index contributed by atoms with van der Waals surface area (Å²) >= 11 is 0. The van der Waals surface area contributed by atoms with Crippen molar-refractivity contribution in [3.63, 3.8) is 0 Å². The minimum Gasteiger partial charge on any atom is -0.459 e. The van der Waals surface area contributed by atoms with Crippen LogP contribution >= 0.6 is 0 Å². The van der Waals surface area contributed by atoms with Gasteiger partial charge in [0.2, 0.25) is 5.91 Å². The lowest BCUT2D eigenvalue weighted by Gasteiger charge is -2.15. The SMILES string of the molecule is CN(CC(=O)Nc1ccc2c(c1)Cc1ccccc1-2)C(=O)c1ccco1. The molecule has 0 saturated heterocycles. The van der Waals surface area contributed by atoms with Crippen molar-refractivity contribution >= 4 is 17.5 Å². The number of carbonyl (C=O) groups is 2. The number of likely N-dealkylation sites (N-methyl/N-ethyl adjacent to an activating group) is 1. The Kier molecular flexibility index (Phi) is 4.05. The molecule has 0 fully saturated rings. The summed E-state index contributed by atoms with van der Waals surface area (Å²) in [4.78, 5) is 25.7. The molecule has 26 heavy (non-hydrogen) atoms. The number of nitrogens with zero attached hydrogens (tertiary/aromatic N) is 1. The summed E-state index contributed by atoms with van der Waals surface area (Å²) in [5.74, 6) is -0.354. The van der Waals surface area contributed by atoms with Crippen LogP contribution in [0.1, 0.15) is 21.7 Å². The van der Waals surface area contributed by atoms with E-state index in [9.17, 15) is 9.59 Å². The van der Waals surface area contributed by atoms with Crippen molar-refractivity contribution < 1.29 is 14.0 Å². The van der Waals surface area contributed by atoms with Crippen molar-refractivity contribution in [2.45, 2.75) is 6.42 Å². The Balaban J connectivity index is 1.43. The molecule has 1 aliphatic rings. The summed E-state index contributed by atoms with van der Waals surface area (Å²) in [6.07, 6.45) is 2.30. The molecule has 130 valence electrons. The van der Waals surface area contributed by atoms with Gasteiger partial charge in [0, 0.05) is 12.7 Å². The quantitative estimate of drug-likeness (QED) is 0.614. The summed E-state index contributed by atoms with van der Waals surface area (Å²) in [7, 11) is 1.57. The third-order valence-corrected chi connectivity index (χ3v) is 4.54. The average molecular weight is 346 g/mol. The van der Waals surface area contributed by atoms with Crippen LogP contribution in [0.15, 0.2) is 65.3 Å². The molecular formula is C21H18N2O3. The topological polar surface area (TPSA) is 62.6 Å². The fraction of sp³-hybridized carbons (Fsp3) is 0.143. The smallest absolute Gasteiger partial charge is 0.289 e. The van der Waals surface area contributed by atoms with Gasteiger partial charge in [-0.2, -0.15) is 0 Å². The van der Waals surface area contributed by atoms with Gasteiger partial charge < -0.3 is 14.6 Å². The predicted molar refractivity (Wildman–Crippen MR) is 99.0 cm³/mol. The zero-order valence-corrected chi connectivity index (χ0v) is 14.4. The van der Waals surface area contributed by atoms with E-state index in [1.54, 1.807) is 19.2 Å². The van der Waals surface area contributed by atoms with E-state index in [1.165, 1.54) is 33.4 Å². The van der Waals surface area contributed by atoms with Crippen molar-refractivity contribution in [2.24, 2.45) is 0 Å². The first-order valence-corrected chi connectivity index (χ1v) is 8.42. The fourth-order valence-electron chi connectivity index (χ4n) is 3.30. The number of nitrogens with one attached hydrogen (secondary N) is 1. The Morgan fingerprint density at radius 2 is 1.85 bits per heavy atom. The van der Waals surface area contributed by atoms with Gasteiger partial charge in [0.15, 0.2) is 5.76 Å². The second-order valence-electron chi connectivity index (χ2n) is 6.39. The molecule has 0 radical (unpaired) electrons. The molecule has 2 amide bonds. The van der Waals surface area contributed by atoms with E-state index in [2.05, 4.69) is 17.4 Å². The molecule has 4 rings (SSSR count). The first-order valence-electron chi connectivity index (χ1n) is 8.42. The Morgan fingerprint density at radius 1 is 1.04 bits per heavy atom. The van der Waals surface area contributed by atoms with Crippen LogP contribution in [0.3, 0.4) is 0 Å². The van der Waals surface area contributed by atoms with Gasteiger partial charge in [-0.25, -0.2) is 0 Å². The normalized spacial score (nSPS) is 11.6. The van der Waals surface area contributed by atoms with E-state index in [-0.39, 0.29) is 24.1 Å². The van der Waals surface area contributed by atoms with Crippen LogP contribution in [-0.4, -0.2) is 30.3 Å². The molecule has 1 N–H and O–H groups in total. The van der Waals surface area contributed by atoms with Crippen molar-refractivity contribution in [3.8, 4) is 11.1 Å². The molecule has 1 heterocycles. The zero-order valence-electron chi connectivity index (χ0n) is 14.4. The minimum atomic E-state index is -0.324. The highest BCUT2D eigenvalue weighted by atomic mass is 16.3. The van der Waals surface area contributed by atoms with Crippen molar-refractivity contribution in [2.75, 3.05) is 18.9 Å². The average Bonchev–Trinajstić information content (AvgIpc) is 3.28. The summed E-state index contributed by atoms with van der Waals surface area (Å²) < 4.78 is 5.07. The van der Waals surface area contributed by atoms with Gasteiger partial charge in [-0.1, -0.05) is 30.3 Å². The lowest BCUT2D eigenvalue weighted by atomic mass is 10.1. The van der Waals surface area contributed by atoms with Crippen LogP contribution in [0.4, 0.5) is 5.69 Å². The summed E-state index contributed by atoms with van der Waals surface area (Å²) in [6, 6.07) is 17.5. The van der Waals surface area contributed by atoms with Gasteiger partial charge >= 0.3 is 0 Å². The number of fused-ring (bicyclic) bond motifs is 3. The standard InChI is InChI=1S/C21H18N2O3/c1-23(21(25)19-7-4-10-26-19)13-20(24)22-16-8-9-18-15(12-16)11-14-5-2-3-6-17(14)18/h2-10,12H,11,13H2,1H3,(H,22,24). The van der Waals surface area contributed by atoms with Gasteiger partial charge in [-0.3, -0.25) is 9.59 Å². The molecule has 0 unspecified atom stereocenters. The van der Waals surface area contributed by atoms with Crippen LogP contribution < -0.4 is 5.32 Å². The molecule has 0 aliphatic heterocycles. The summed E-state index contributed by atoms with van der Waals surface area (Å²) in [5, 5.41) is 2.87. The summed E-state index contributed by atoms with van der Waals surface area (Å²) in [5.41, 5.74) is 5.70. The lowest BCUT2D eigenvalue weighted by molar-refractivity contribution is -0.116. The predicted octanol–water partition coefficient (Wildman–Crippen LogP) is 3.56. The summed E-state index contributed by atoms with van der Waals surface area (Å²) in [6.45, 7) is -0.0448. The molecule has 0 spiro atoms. The number of rotatable bonds is 4. The van der Waals surface area contributed by atoms with E-state index in [0.29, 0.717) is 0 Å². The largest absolute Gasteiger partial charge is 0.459 e. The molecule has 0 bridgehead atoms. The van der Waals surface area contributed by atoms with Crippen LogP contribution in [0, 0.1) is 0 Å². The van der Waals surface area contributed by atoms with Gasteiger partial charge in [-0.15, -0.1) is 0 Å². The van der Waals surface area contributed by atoms with Gasteiger partial charge in [0.05, 0.1) is 12.8 Å². The number of carbonyl (C=O) groups excluding carboxylic acids is 2. The first kappa shape index (κ1) is 16.1. The van der Waals surface area contributed by atoms with Gasteiger partial charge in [0.25, 0.3) is 5.91 Å². The maximum absolute atomic E-state index is 12.3. The van der Waals surface area contributed by atoms with E-state index in [0.717, 1.165) is 12.1 Å². The molecule has 3 aromatic rings. The van der Waals surface area contributed by atoms with E-state index >= 15 is 0 Å². The zero-order chi connectivity index (χ0) is 18.1. The Labute approximate surface area is 151 Å². The van der Waals surface area contributed by atoms with Crippen molar-refractivity contribution in [1.82, 2.24) is 4.90 Å². The molecule has 0 atom stereocenters. The van der Waals surface area contributed by atoms with Crippen LogP contribution in [0.5, 0.6) is 0 Å². The highest BCUT2D eigenvalue weighted by Crippen LogP contribution is 2.37. The number of amides is 2. The molecule has 5 nitrogen and oxygen atoms in total. The first-order chi connectivity index (χ1) is 12.6. The number of benzene rings is 2. The van der Waals surface area contributed by atoms with E-state index < -0.39 is 0 Å². The Morgan fingerprint density at radius 3 is 2.65 bits per heavy atom. The highest BCUT2D eigenvalue weighted by molar-refractivity contribution is 5.98. The second-order valence-corrected chi connectivity index (χ2v) is 6.39. The maximum atomic E-state index is 12.3. The number of furan rings is 1. The van der Waals surface area contributed by atoms with Gasteiger partial charge in [0.1, 0.15) is 0 Å². The molecule has 1 aromatic heterocycles. The molecule has 0 saturated carbocycles. The second kappa shape index (κ2) is 6.52. The van der Waals surface area contributed by atoms with Crippen LogP contribution in [-0.2, 0) is 11.2 Å². The maximum Gasteiger partial charge on any atom is 0.289 e. The molecule has 5 heteroatoms. The van der Waals surface area contributed by atoms with E-state index in [4.69, 9.17) is 4.42 Å². The van der Waals surface area contributed by atoms with Crippen molar-refractivity contribution in [3.05, 3.63) is 77.7 Å². The number of hydrogen-bond acceptors (Lipinski definition) is 3. The van der Waals surface area contributed by atoms with Crippen LogP contribution in [0.2, 0.25) is 0 Å².